The molecule has 1 aromatic carbocycles. The zero-order valence-electron chi connectivity index (χ0n) is 12.0. The molecule has 0 saturated heterocycles. The molecular weight excluding hydrogens is 239 g/mol. The van der Waals surface area contributed by atoms with E-state index < -0.39 is 0 Å². The van der Waals surface area contributed by atoms with Gasteiger partial charge in [0.15, 0.2) is 0 Å². The van der Waals surface area contributed by atoms with E-state index >= 15 is 0 Å². The number of nitrogens with two attached hydrogens (primary N) is 1. The van der Waals surface area contributed by atoms with E-state index in [0.29, 0.717) is 12.3 Å². The van der Waals surface area contributed by atoms with Crippen LogP contribution >= 0.6 is 0 Å². The number of hydrogen-bond acceptors (Lipinski definition) is 2. The van der Waals surface area contributed by atoms with Crippen LogP contribution in [0.15, 0.2) is 24.3 Å². The normalized spacial score (nSPS) is 24.1. The third kappa shape index (κ3) is 3.34. The first-order chi connectivity index (χ1) is 9.04. The van der Waals surface area contributed by atoms with Gasteiger partial charge in [-0.25, -0.2) is 4.39 Å². The van der Waals surface area contributed by atoms with Crippen LogP contribution in [0.4, 0.5) is 4.39 Å². The molecule has 1 aliphatic rings. The third-order valence-electron chi connectivity index (χ3n) is 4.69. The Morgan fingerprint density at radius 1 is 1.37 bits per heavy atom. The molecule has 1 aliphatic carbocycles. The van der Waals surface area contributed by atoms with E-state index in [1.165, 1.54) is 31.7 Å². The summed E-state index contributed by atoms with van der Waals surface area (Å²) in [7, 11) is 0. The van der Waals surface area contributed by atoms with Crippen molar-refractivity contribution in [3.63, 3.8) is 0 Å². The van der Waals surface area contributed by atoms with Crippen molar-refractivity contribution >= 4 is 0 Å². The highest BCUT2D eigenvalue weighted by molar-refractivity contribution is 5.19. The maximum atomic E-state index is 13.8. The monoisotopic (exact) mass is 264 g/mol. The summed E-state index contributed by atoms with van der Waals surface area (Å²) in [5, 5.41) is 0. The first kappa shape index (κ1) is 14.5. The molecule has 0 radical (unpaired) electrons. The zero-order valence-corrected chi connectivity index (χ0v) is 12.0. The molecule has 0 aliphatic heterocycles. The van der Waals surface area contributed by atoms with Crippen molar-refractivity contribution in [1.29, 1.82) is 0 Å². The van der Waals surface area contributed by atoms with Crippen molar-refractivity contribution in [1.82, 2.24) is 5.43 Å². The van der Waals surface area contributed by atoms with Crippen molar-refractivity contribution in [3.8, 4) is 0 Å². The molecule has 2 atom stereocenters. The summed E-state index contributed by atoms with van der Waals surface area (Å²) in [6.45, 7) is 4.62. The summed E-state index contributed by atoms with van der Waals surface area (Å²) in [6.07, 6.45) is 5.62. The number of halogens is 1. The lowest BCUT2D eigenvalue weighted by Gasteiger charge is -2.43. The average Bonchev–Trinajstić information content (AvgIpc) is 2.38. The summed E-state index contributed by atoms with van der Waals surface area (Å²) in [5.74, 6) is 6.13. The second-order valence-corrected chi connectivity index (χ2v) is 6.41. The smallest absolute Gasteiger partial charge is 0.126 e. The molecule has 2 unspecified atom stereocenters. The van der Waals surface area contributed by atoms with Gasteiger partial charge in [0.2, 0.25) is 0 Å². The lowest BCUT2D eigenvalue weighted by atomic mass is 9.65. The van der Waals surface area contributed by atoms with Gasteiger partial charge in [0, 0.05) is 6.04 Å². The molecule has 0 spiro atoms. The molecule has 19 heavy (non-hydrogen) atoms. The van der Waals surface area contributed by atoms with Gasteiger partial charge >= 0.3 is 0 Å². The Bertz CT molecular complexity index is 417. The van der Waals surface area contributed by atoms with Gasteiger partial charge in [-0.15, -0.1) is 0 Å². The van der Waals surface area contributed by atoms with E-state index in [4.69, 9.17) is 5.84 Å². The van der Waals surface area contributed by atoms with E-state index in [1.54, 1.807) is 6.07 Å². The molecule has 0 amide bonds. The van der Waals surface area contributed by atoms with E-state index in [1.807, 2.05) is 12.1 Å². The highest BCUT2D eigenvalue weighted by Gasteiger charge is 2.37. The fourth-order valence-electron chi connectivity index (χ4n) is 3.49. The minimum atomic E-state index is -0.128. The van der Waals surface area contributed by atoms with Crippen LogP contribution in [-0.2, 0) is 6.42 Å². The van der Waals surface area contributed by atoms with Gasteiger partial charge in [-0.1, -0.05) is 44.9 Å². The maximum absolute atomic E-state index is 13.8. The van der Waals surface area contributed by atoms with Gasteiger partial charge in [-0.2, -0.15) is 0 Å². The number of hydrogen-bond donors (Lipinski definition) is 2. The fourth-order valence-corrected chi connectivity index (χ4v) is 3.49. The first-order valence-electron chi connectivity index (χ1n) is 7.24. The summed E-state index contributed by atoms with van der Waals surface area (Å²) in [5.41, 5.74) is 3.97. The molecule has 3 heteroatoms. The SMILES string of the molecule is CC1(C)CCCCC1C(Cc1ccccc1F)NN. The Hall–Kier alpha value is -0.930. The number of hydrazine groups is 1. The van der Waals surface area contributed by atoms with Gasteiger partial charge in [0.1, 0.15) is 5.82 Å². The van der Waals surface area contributed by atoms with E-state index in [-0.39, 0.29) is 17.3 Å². The Morgan fingerprint density at radius 3 is 2.74 bits per heavy atom. The molecular formula is C16H25FN2. The Labute approximate surface area is 115 Å². The minimum Gasteiger partial charge on any atom is -0.271 e. The fraction of sp³-hybridized carbons (Fsp3) is 0.625. The Balaban J connectivity index is 2.14. The molecule has 106 valence electrons. The predicted octanol–water partition coefficient (Wildman–Crippen LogP) is 3.42. The maximum Gasteiger partial charge on any atom is 0.126 e. The largest absolute Gasteiger partial charge is 0.271 e. The van der Waals surface area contributed by atoms with Crippen LogP contribution < -0.4 is 11.3 Å². The van der Waals surface area contributed by atoms with Crippen LogP contribution in [0.2, 0.25) is 0 Å². The van der Waals surface area contributed by atoms with E-state index in [9.17, 15) is 4.39 Å². The summed E-state index contributed by atoms with van der Waals surface area (Å²) >= 11 is 0. The van der Waals surface area contributed by atoms with Crippen LogP contribution in [0.3, 0.4) is 0 Å². The third-order valence-corrected chi connectivity index (χ3v) is 4.69. The van der Waals surface area contributed by atoms with E-state index in [2.05, 4.69) is 19.3 Å². The first-order valence-corrected chi connectivity index (χ1v) is 7.24. The molecule has 1 aromatic rings. The van der Waals surface area contributed by atoms with Gasteiger partial charge in [0.05, 0.1) is 0 Å². The second kappa shape index (κ2) is 6.02. The Kier molecular flexibility index (Phi) is 4.58. The van der Waals surface area contributed by atoms with Crippen molar-refractivity contribution in [2.75, 3.05) is 0 Å². The van der Waals surface area contributed by atoms with Gasteiger partial charge in [-0.05, 0) is 42.2 Å². The molecule has 1 saturated carbocycles. The van der Waals surface area contributed by atoms with Gasteiger partial charge in [-0.3, -0.25) is 11.3 Å². The van der Waals surface area contributed by atoms with Crippen LogP contribution in [0.1, 0.15) is 45.1 Å². The minimum absolute atomic E-state index is 0.128. The topological polar surface area (TPSA) is 38.0 Å². The number of nitrogens with one attached hydrogen (secondary N) is 1. The molecule has 3 N–H and O–H groups in total. The van der Waals surface area contributed by atoms with Crippen LogP contribution in [-0.4, -0.2) is 6.04 Å². The second-order valence-electron chi connectivity index (χ2n) is 6.41. The number of rotatable bonds is 4. The number of benzene rings is 1. The standard InChI is InChI=1S/C16H25FN2/c1-16(2)10-6-5-8-13(16)15(19-18)11-12-7-3-4-9-14(12)17/h3-4,7,9,13,15,19H,5-6,8,10-11,18H2,1-2H3. The zero-order chi connectivity index (χ0) is 13.9. The summed E-state index contributed by atoms with van der Waals surface area (Å²) in [4.78, 5) is 0. The average molecular weight is 264 g/mol. The van der Waals surface area contributed by atoms with Crippen molar-refractivity contribution in [3.05, 3.63) is 35.6 Å². The Morgan fingerprint density at radius 2 is 2.11 bits per heavy atom. The highest BCUT2D eigenvalue weighted by atomic mass is 19.1. The molecule has 2 nitrogen and oxygen atoms in total. The molecule has 2 rings (SSSR count). The van der Waals surface area contributed by atoms with Crippen molar-refractivity contribution in [2.45, 2.75) is 52.0 Å². The molecule has 0 heterocycles. The van der Waals surface area contributed by atoms with Crippen LogP contribution in [0, 0.1) is 17.2 Å². The van der Waals surface area contributed by atoms with Crippen LogP contribution in [0.25, 0.3) is 0 Å². The lowest BCUT2D eigenvalue weighted by Crippen LogP contribution is -2.48. The summed E-state index contributed by atoms with van der Waals surface area (Å²) in [6, 6.07) is 7.14. The van der Waals surface area contributed by atoms with Gasteiger partial charge in [0.25, 0.3) is 0 Å². The van der Waals surface area contributed by atoms with Crippen molar-refractivity contribution in [2.24, 2.45) is 17.2 Å². The summed E-state index contributed by atoms with van der Waals surface area (Å²) < 4.78 is 13.8. The highest BCUT2D eigenvalue weighted by Crippen LogP contribution is 2.42. The predicted molar refractivity (Wildman–Crippen MR) is 77.0 cm³/mol. The molecule has 0 bridgehead atoms. The molecule has 1 fully saturated rings. The van der Waals surface area contributed by atoms with Gasteiger partial charge < -0.3 is 0 Å². The van der Waals surface area contributed by atoms with Crippen molar-refractivity contribution < 1.29 is 4.39 Å². The lowest BCUT2D eigenvalue weighted by molar-refractivity contribution is 0.0978. The van der Waals surface area contributed by atoms with Crippen LogP contribution in [0.5, 0.6) is 0 Å². The van der Waals surface area contributed by atoms with E-state index in [0.717, 1.165) is 5.56 Å². The molecule has 0 aromatic heterocycles. The quantitative estimate of drug-likeness (QED) is 0.646.